The maximum absolute atomic E-state index is 6.84. The highest BCUT2D eigenvalue weighted by atomic mass is 35.5. The van der Waals surface area contributed by atoms with Gasteiger partial charge in [-0.1, -0.05) is 25.4 Å². The number of anilines is 1. The molecule has 1 saturated heterocycles. The summed E-state index contributed by atoms with van der Waals surface area (Å²) in [4.78, 5) is 12.1. The van der Waals surface area contributed by atoms with Gasteiger partial charge in [0.1, 0.15) is 17.3 Å². The number of ether oxygens (including phenoxy) is 2. The summed E-state index contributed by atoms with van der Waals surface area (Å²) in [6.45, 7) is 7.34. The van der Waals surface area contributed by atoms with Crippen LogP contribution >= 0.6 is 11.6 Å². The van der Waals surface area contributed by atoms with Gasteiger partial charge in [-0.05, 0) is 50.9 Å². The van der Waals surface area contributed by atoms with Crippen LogP contribution in [-0.4, -0.2) is 55.8 Å². The molecule has 1 unspecified atom stereocenters. The van der Waals surface area contributed by atoms with Crippen LogP contribution in [0.1, 0.15) is 31.5 Å². The lowest BCUT2D eigenvalue weighted by atomic mass is 9.98. The Kier molecular flexibility index (Phi) is 7.25. The number of rotatable bonds is 8. The summed E-state index contributed by atoms with van der Waals surface area (Å²) in [6.07, 6.45) is 4.77. The van der Waals surface area contributed by atoms with Crippen molar-refractivity contribution in [2.45, 2.75) is 33.1 Å². The van der Waals surface area contributed by atoms with Crippen molar-refractivity contribution in [1.29, 1.82) is 0 Å². The van der Waals surface area contributed by atoms with Crippen LogP contribution in [0.15, 0.2) is 24.4 Å². The van der Waals surface area contributed by atoms with E-state index in [9.17, 15) is 0 Å². The van der Waals surface area contributed by atoms with E-state index in [0.29, 0.717) is 16.7 Å². The molecular formula is C26H33ClN4O2. The fourth-order valence-electron chi connectivity index (χ4n) is 4.68. The summed E-state index contributed by atoms with van der Waals surface area (Å²) >= 11 is 6.84. The highest BCUT2D eigenvalue weighted by molar-refractivity contribution is 6.35. The van der Waals surface area contributed by atoms with Gasteiger partial charge in [0.2, 0.25) is 0 Å². The first-order valence-electron chi connectivity index (χ1n) is 11.6. The Bertz CT molecular complexity index is 1150. The van der Waals surface area contributed by atoms with Gasteiger partial charge >= 0.3 is 0 Å². The van der Waals surface area contributed by atoms with Crippen LogP contribution in [0.2, 0.25) is 5.02 Å². The zero-order valence-corrected chi connectivity index (χ0v) is 20.9. The predicted molar refractivity (Wildman–Crippen MR) is 136 cm³/mol. The van der Waals surface area contributed by atoms with E-state index < -0.39 is 0 Å². The molecule has 0 aliphatic carbocycles. The molecule has 1 fully saturated rings. The second-order valence-corrected chi connectivity index (χ2v) is 9.08. The van der Waals surface area contributed by atoms with E-state index in [1.807, 2.05) is 12.3 Å². The number of benzene rings is 1. The van der Waals surface area contributed by atoms with Crippen molar-refractivity contribution in [3.63, 3.8) is 0 Å². The minimum atomic E-state index is 0.545. The van der Waals surface area contributed by atoms with Crippen molar-refractivity contribution < 1.29 is 9.47 Å². The lowest BCUT2D eigenvalue weighted by molar-refractivity contribution is 0.392. The minimum Gasteiger partial charge on any atom is -0.496 e. The Morgan fingerprint density at radius 2 is 1.91 bits per heavy atom. The first kappa shape index (κ1) is 23.6. The van der Waals surface area contributed by atoms with E-state index in [4.69, 9.17) is 26.1 Å². The van der Waals surface area contributed by atoms with Gasteiger partial charge in [0.25, 0.3) is 0 Å². The lowest BCUT2D eigenvalue weighted by Gasteiger charge is -2.19. The number of likely N-dealkylation sites (tertiary alicyclic amines) is 1. The molecule has 1 aliphatic heterocycles. The molecule has 0 amide bonds. The maximum Gasteiger partial charge on any atom is 0.141 e. The Morgan fingerprint density at radius 1 is 1.12 bits per heavy atom. The molecule has 3 aromatic rings. The minimum absolute atomic E-state index is 0.545. The number of methoxy groups -OCH3 is 2. The summed E-state index contributed by atoms with van der Waals surface area (Å²) in [5.74, 6) is 2.80. The second-order valence-electron chi connectivity index (χ2n) is 8.71. The average Bonchev–Trinajstić information content (AvgIpc) is 3.26. The van der Waals surface area contributed by atoms with Crippen molar-refractivity contribution in [2.75, 3.05) is 46.2 Å². The molecule has 176 valence electrons. The summed E-state index contributed by atoms with van der Waals surface area (Å²) < 4.78 is 11.2. The monoisotopic (exact) mass is 468 g/mol. The first-order valence-corrected chi connectivity index (χ1v) is 12.0. The van der Waals surface area contributed by atoms with Gasteiger partial charge in [0.15, 0.2) is 0 Å². The van der Waals surface area contributed by atoms with Crippen LogP contribution in [-0.2, 0) is 12.8 Å². The molecule has 0 bridgehead atoms. The van der Waals surface area contributed by atoms with Crippen LogP contribution in [0.25, 0.3) is 22.0 Å². The Labute approximate surface area is 201 Å². The van der Waals surface area contributed by atoms with E-state index in [1.54, 1.807) is 14.2 Å². The summed E-state index contributed by atoms with van der Waals surface area (Å²) in [5.41, 5.74) is 3.70. The van der Waals surface area contributed by atoms with Crippen LogP contribution in [0.3, 0.4) is 0 Å². The predicted octanol–water partition coefficient (Wildman–Crippen LogP) is 5.46. The third-order valence-electron chi connectivity index (χ3n) is 6.53. The SMILES string of the molecule is CCc1cc2c(NCC3CCN(C)C3)nc(-c3c(Cl)c(OC)cc(OC)c3CC)cc2cn1. The fourth-order valence-corrected chi connectivity index (χ4v) is 5.02. The summed E-state index contributed by atoms with van der Waals surface area (Å²) in [6, 6.07) is 6.05. The number of fused-ring (bicyclic) bond motifs is 1. The molecule has 1 N–H and O–H groups in total. The molecule has 1 aliphatic rings. The fraction of sp³-hybridized carbons (Fsp3) is 0.462. The molecule has 7 heteroatoms. The Balaban J connectivity index is 1.87. The topological polar surface area (TPSA) is 59.5 Å². The van der Waals surface area contributed by atoms with Gasteiger partial charge in [-0.25, -0.2) is 4.98 Å². The lowest BCUT2D eigenvalue weighted by Crippen LogP contribution is -2.19. The number of aromatic nitrogens is 2. The van der Waals surface area contributed by atoms with Crippen molar-refractivity contribution in [1.82, 2.24) is 14.9 Å². The largest absolute Gasteiger partial charge is 0.496 e. The third kappa shape index (κ3) is 4.73. The number of halogens is 1. The summed E-state index contributed by atoms with van der Waals surface area (Å²) in [7, 11) is 5.46. The molecule has 33 heavy (non-hydrogen) atoms. The molecule has 4 rings (SSSR count). The molecule has 1 aromatic carbocycles. The zero-order chi connectivity index (χ0) is 23.5. The van der Waals surface area contributed by atoms with E-state index in [0.717, 1.165) is 77.3 Å². The van der Waals surface area contributed by atoms with E-state index in [-0.39, 0.29) is 0 Å². The maximum atomic E-state index is 6.84. The second kappa shape index (κ2) is 10.1. The molecular weight excluding hydrogens is 436 g/mol. The van der Waals surface area contributed by atoms with Crippen molar-refractivity contribution in [3.05, 3.63) is 40.7 Å². The Hall–Kier alpha value is -2.57. The van der Waals surface area contributed by atoms with Gasteiger partial charge in [-0.3, -0.25) is 4.98 Å². The van der Waals surface area contributed by atoms with Gasteiger partial charge in [0.05, 0.1) is 24.9 Å². The smallest absolute Gasteiger partial charge is 0.141 e. The number of nitrogens with one attached hydrogen (secondary N) is 1. The van der Waals surface area contributed by atoms with Crippen molar-refractivity contribution in [3.8, 4) is 22.8 Å². The number of aryl methyl sites for hydroxylation is 1. The van der Waals surface area contributed by atoms with E-state index in [1.165, 1.54) is 6.42 Å². The van der Waals surface area contributed by atoms with E-state index >= 15 is 0 Å². The van der Waals surface area contributed by atoms with Crippen LogP contribution in [0.5, 0.6) is 11.5 Å². The van der Waals surface area contributed by atoms with E-state index in [2.05, 4.69) is 48.2 Å². The van der Waals surface area contributed by atoms with Gasteiger partial charge < -0.3 is 19.7 Å². The molecule has 0 saturated carbocycles. The van der Waals surface area contributed by atoms with Crippen molar-refractivity contribution >= 4 is 28.2 Å². The number of nitrogens with zero attached hydrogens (tertiary/aromatic N) is 3. The molecule has 0 spiro atoms. The molecule has 1 atom stereocenters. The zero-order valence-electron chi connectivity index (χ0n) is 20.2. The van der Waals surface area contributed by atoms with Crippen LogP contribution < -0.4 is 14.8 Å². The Morgan fingerprint density at radius 3 is 2.55 bits per heavy atom. The quantitative estimate of drug-likeness (QED) is 0.474. The molecule has 0 radical (unpaired) electrons. The third-order valence-corrected chi connectivity index (χ3v) is 6.90. The number of hydrogen-bond acceptors (Lipinski definition) is 6. The van der Waals surface area contributed by atoms with Crippen LogP contribution in [0, 0.1) is 5.92 Å². The molecule has 6 nitrogen and oxygen atoms in total. The first-order chi connectivity index (χ1) is 16.0. The van der Waals surface area contributed by atoms with Crippen LogP contribution in [0.4, 0.5) is 5.82 Å². The number of pyridine rings is 2. The molecule has 2 aromatic heterocycles. The standard InChI is InChI=1S/C26H33ClN4O2/c1-6-18-11-20-17(14-28-18)10-21(30-26(20)29-13-16-8-9-31(3)15-16)24-19(7-2)22(32-4)12-23(33-5)25(24)27/h10-12,14,16H,6-9,13,15H2,1-5H3,(H,29,30). The van der Waals surface area contributed by atoms with Gasteiger partial charge in [0, 0.05) is 52.9 Å². The summed E-state index contributed by atoms with van der Waals surface area (Å²) in [5, 5.41) is 6.31. The van der Waals surface area contributed by atoms with Gasteiger partial charge in [-0.2, -0.15) is 0 Å². The highest BCUT2D eigenvalue weighted by Gasteiger charge is 2.23. The highest BCUT2D eigenvalue weighted by Crippen LogP contribution is 2.44. The number of hydrogen-bond donors (Lipinski definition) is 1. The average molecular weight is 469 g/mol. The van der Waals surface area contributed by atoms with Crippen molar-refractivity contribution in [2.24, 2.45) is 5.92 Å². The van der Waals surface area contributed by atoms with Gasteiger partial charge in [-0.15, -0.1) is 0 Å². The molecule has 3 heterocycles. The normalized spacial score (nSPS) is 16.4.